The molecule has 2 aromatic rings. The summed E-state index contributed by atoms with van der Waals surface area (Å²) >= 11 is 3.36. The fourth-order valence-corrected chi connectivity index (χ4v) is 2.92. The zero-order valence-electron chi connectivity index (χ0n) is 14.3. The van der Waals surface area contributed by atoms with Crippen LogP contribution in [-0.2, 0) is 9.59 Å². The lowest BCUT2D eigenvalue weighted by Gasteiger charge is -2.26. The molecule has 2 aromatic carbocycles. The van der Waals surface area contributed by atoms with Crippen molar-refractivity contribution in [2.45, 2.75) is 18.9 Å². The molecule has 26 heavy (non-hydrogen) atoms. The second-order valence-electron chi connectivity index (χ2n) is 5.77. The number of primary amides is 1. The predicted molar refractivity (Wildman–Crippen MR) is 100.0 cm³/mol. The van der Waals surface area contributed by atoms with Crippen molar-refractivity contribution in [1.82, 2.24) is 4.90 Å². The highest BCUT2D eigenvalue weighted by Gasteiger charge is 2.26. The highest BCUT2D eigenvalue weighted by molar-refractivity contribution is 9.10. The van der Waals surface area contributed by atoms with Crippen LogP contribution in [0, 0.1) is 5.82 Å². The maximum absolute atomic E-state index is 13.4. The van der Waals surface area contributed by atoms with Gasteiger partial charge in [0.25, 0.3) is 0 Å². The first-order valence-corrected chi connectivity index (χ1v) is 8.86. The molecule has 0 aliphatic heterocycles. The third-order valence-electron chi connectivity index (χ3n) is 3.81. The SMILES string of the molecule is CN(C(=O)CCCOc1cccc(Br)c1)C(C(N)=O)c1cccc(F)c1. The van der Waals surface area contributed by atoms with Crippen molar-refractivity contribution in [1.29, 1.82) is 0 Å². The van der Waals surface area contributed by atoms with Gasteiger partial charge in [-0.05, 0) is 42.3 Å². The zero-order chi connectivity index (χ0) is 19.1. The Morgan fingerprint density at radius 1 is 1.23 bits per heavy atom. The van der Waals surface area contributed by atoms with Crippen LogP contribution in [-0.4, -0.2) is 30.4 Å². The van der Waals surface area contributed by atoms with Crippen molar-refractivity contribution in [3.8, 4) is 5.75 Å². The molecule has 0 saturated heterocycles. The van der Waals surface area contributed by atoms with Crippen LogP contribution in [0.5, 0.6) is 5.75 Å². The van der Waals surface area contributed by atoms with Gasteiger partial charge in [0.2, 0.25) is 11.8 Å². The largest absolute Gasteiger partial charge is 0.494 e. The number of rotatable bonds is 8. The molecule has 138 valence electrons. The molecule has 0 aliphatic rings. The van der Waals surface area contributed by atoms with Gasteiger partial charge in [-0.15, -0.1) is 0 Å². The number of amides is 2. The van der Waals surface area contributed by atoms with Crippen LogP contribution in [0.25, 0.3) is 0 Å². The third-order valence-corrected chi connectivity index (χ3v) is 4.31. The number of carbonyl (C=O) groups excluding carboxylic acids is 2. The van der Waals surface area contributed by atoms with Gasteiger partial charge in [-0.25, -0.2) is 4.39 Å². The number of carbonyl (C=O) groups is 2. The molecule has 2 N–H and O–H groups in total. The lowest BCUT2D eigenvalue weighted by molar-refractivity contribution is -0.138. The number of likely N-dealkylation sites (N-methyl/N-ethyl adjacent to an activating group) is 1. The molecule has 0 bridgehead atoms. The lowest BCUT2D eigenvalue weighted by atomic mass is 10.0. The van der Waals surface area contributed by atoms with Gasteiger partial charge in [-0.1, -0.05) is 34.1 Å². The average Bonchev–Trinajstić information content (AvgIpc) is 2.58. The smallest absolute Gasteiger partial charge is 0.244 e. The molecule has 1 atom stereocenters. The highest BCUT2D eigenvalue weighted by Crippen LogP contribution is 2.21. The summed E-state index contributed by atoms with van der Waals surface area (Å²) < 4.78 is 19.9. The van der Waals surface area contributed by atoms with E-state index in [1.54, 1.807) is 6.07 Å². The summed E-state index contributed by atoms with van der Waals surface area (Å²) in [5, 5.41) is 0. The molecule has 0 radical (unpaired) electrons. The van der Waals surface area contributed by atoms with Crippen molar-refractivity contribution < 1.29 is 18.7 Å². The quantitative estimate of drug-likeness (QED) is 0.662. The average molecular weight is 423 g/mol. The molecular weight excluding hydrogens is 403 g/mol. The minimum atomic E-state index is -1.01. The van der Waals surface area contributed by atoms with Crippen LogP contribution in [0.2, 0.25) is 0 Å². The molecule has 0 aromatic heterocycles. The highest BCUT2D eigenvalue weighted by atomic mass is 79.9. The van der Waals surface area contributed by atoms with Gasteiger partial charge in [0.05, 0.1) is 6.61 Å². The van der Waals surface area contributed by atoms with Crippen LogP contribution >= 0.6 is 15.9 Å². The Hall–Kier alpha value is -2.41. The second kappa shape index (κ2) is 9.33. The van der Waals surface area contributed by atoms with Crippen LogP contribution in [0.1, 0.15) is 24.4 Å². The molecular formula is C19H20BrFN2O3. The van der Waals surface area contributed by atoms with Crippen molar-refractivity contribution >= 4 is 27.7 Å². The molecule has 0 spiro atoms. The number of nitrogens with zero attached hydrogens (tertiary/aromatic N) is 1. The van der Waals surface area contributed by atoms with E-state index in [4.69, 9.17) is 10.5 Å². The van der Waals surface area contributed by atoms with Gasteiger partial charge in [0.1, 0.15) is 17.6 Å². The predicted octanol–water partition coefficient (Wildman–Crippen LogP) is 3.43. The topological polar surface area (TPSA) is 72.6 Å². The Bertz CT molecular complexity index is 785. The van der Waals surface area contributed by atoms with E-state index in [1.165, 1.54) is 30.1 Å². The van der Waals surface area contributed by atoms with Crippen molar-refractivity contribution in [2.75, 3.05) is 13.7 Å². The number of hydrogen-bond donors (Lipinski definition) is 1. The molecule has 0 fully saturated rings. The number of ether oxygens (including phenoxy) is 1. The summed E-state index contributed by atoms with van der Waals surface area (Å²) in [4.78, 5) is 25.4. The van der Waals surface area contributed by atoms with Gasteiger partial charge >= 0.3 is 0 Å². The van der Waals surface area contributed by atoms with Gasteiger partial charge in [0.15, 0.2) is 0 Å². The van der Waals surface area contributed by atoms with E-state index in [0.29, 0.717) is 24.3 Å². The van der Waals surface area contributed by atoms with Crippen molar-refractivity contribution in [3.05, 3.63) is 64.4 Å². The molecule has 5 nitrogen and oxygen atoms in total. The fourth-order valence-electron chi connectivity index (χ4n) is 2.55. The summed E-state index contributed by atoms with van der Waals surface area (Å²) in [5.74, 6) is -0.764. The Balaban J connectivity index is 1.91. The van der Waals surface area contributed by atoms with Crippen LogP contribution in [0.15, 0.2) is 53.0 Å². The second-order valence-corrected chi connectivity index (χ2v) is 6.69. The van der Waals surface area contributed by atoms with E-state index < -0.39 is 17.8 Å². The molecule has 2 rings (SSSR count). The molecule has 0 heterocycles. The minimum Gasteiger partial charge on any atom is -0.494 e. The van der Waals surface area contributed by atoms with E-state index in [1.807, 2.05) is 24.3 Å². The van der Waals surface area contributed by atoms with Crippen LogP contribution in [0.3, 0.4) is 0 Å². The standard InChI is InChI=1S/C19H20BrFN2O3/c1-23(18(19(22)25)13-5-2-7-15(21)11-13)17(24)9-4-10-26-16-8-3-6-14(20)12-16/h2-3,5-8,11-12,18H,4,9-10H2,1H3,(H2,22,25). The Morgan fingerprint density at radius 3 is 2.62 bits per heavy atom. The third kappa shape index (κ3) is 5.56. The summed E-state index contributed by atoms with van der Waals surface area (Å²) in [6.07, 6.45) is 0.661. The van der Waals surface area contributed by atoms with E-state index in [0.717, 1.165) is 4.47 Å². The van der Waals surface area contributed by atoms with Gasteiger partial charge in [-0.2, -0.15) is 0 Å². The van der Waals surface area contributed by atoms with Crippen LogP contribution < -0.4 is 10.5 Å². The number of hydrogen-bond acceptors (Lipinski definition) is 3. The van der Waals surface area contributed by atoms with E-state index in [2.05, 4.69) is 15.9 Å². The Morgan fingerprint density at radius 2 is 1.96 bits per heavy atom. The number of benzene rings is 2. The van der Waals surface area contributed by atoms with E-state index in [-0.39, 0.29) is 12.3 Å². The maximum atomic E-state index is 13.4. The Kier molecular flexibility index (Phi) is 7.15. The molecule has 1 unspecified atom stereocenters. The van der Waals surface area contributed by atoms with Crippen molar-refractivity contribution in [2.24, 2.45) is 5.73 Å². The molecule has 0 aliphatic carbocycles. The number of nitrogens with two attached hydrogens (primary N) is 1. The normalized spacial score (nSPS) is 11.7. The lowest BCUT2D eigenvalue weighted by Crippen LogP contribution is -2.39. The van der Waals surface area contributed by atoms with Gasteiger partial charge < -0.3 is 15.4 Å². The fraction of sp³-hybridized carbons (Fsp3) is 0.263. The van der Waals surface area contributed by atoms with Crippen molar-refractivity contribution in [3.63, 3.8) is 0 Å². The summed E-state index contributed by atoms with van der Waals surface area (Å²) in [5.41, 5.74) is 5.76. The summed E-state index contributed by atoms with van der Waals surface area (Å²) in [7, 11) is 1.48. The molecule has 0 saturated carbocycles. The van der Waals surface area contributed by atoms with E-state index in [9.17, 15) is 14.0 Å². The van der Waals surface area contributed by atoms with E-state index >= 15 is 0 Å². The first kappa shape index (κ1) is 19.9. The minimum absolute atomic E-state index is 0.184. The van der Waals surface area contributed by atoms with Gasteiger partial charge in [0, 0.05) is 17.9 Å². The summed E-state index contributed by atoms with van der Waals surface area (Å²) in [6, 6.07) is 11.9. The zero-order valence-corrected chi connectivity index (χ0v) is 15.9. The molecule has 2 amide bonds. The monoisotopic (exact) mass is 422 g/mol. The maximum Gasteiger partial charge on any atom is 0.244 e. The number of halogens is 2. The van der Waals surface area contributed by atoms with Crippen LogP contribution in [0.4, 0.5) is 4.39 Å². The molecule has 7 heteroatoms. The first-order chi connectivity index (χ1) is 12.4. The summed E-state index contributed by atoms with van der Waals surface area (Å²) in [6.45, 7) is 0.358. The first-order valence-electron chi connectivity index (χ1n) is 8.07. The Labute approximate surface area is 160 Å². The van der Waals surface area contributed by atoms with Gasteiger partial charge in [-0.3, -0.25) is 9.59 Å².